The summed E-state index contributed by atoms with van der Waals surface area (Å²) >= 11 is 6.22. The summed E-state index contributed by atoms with van der Waals surface area (Å²) < 4.78 is 37.1. The molecule has 0 saturated heterocycles. The standard InChI is InChI=1S/C14H17ClN4O5S/c1-19-11-6-8(24-3-2-4-25(21,22)23)5-10(15)9(11)7-12(19)13(20)18-14(16)17/h5-7H,2-4H2,1H3,(H,21,22,23)(H4,16,17,18,20). The Morgan fingerprint density at radius 1 is 1.44 bits per heavy atom. The molecule has 0 radical (unpaired) electrons. The molecule has 0 unspecified atom stereocenters. The topological polar surface area (TPSA) is 148 Å². The van der Waals surface area contributed by atoms with Crippen molar-refractivity contribution in [1.29, 1.82) is 5.41 Å². The maximum Gasteiger partial charge on any atom is 0.274 e. The summed E-state index contributed by atoms with van der Waals surface area (Å²) in [4.78, 5) is 12.0. The second-order valence-corrected chi connectivity index (χ2v) is 7.26. The molecule has 136 valence electrons. The van der Waals surface area contributed by atoms with Crippen LogP contribution in [0, 0.1) is 5.41 Å². The largest absolute Gasteiger partial charge is 0.493 e. The third-order valence-electron chi connectivity index (χ3n) is 3.38. The predicted molar refractivity (Wildman–Crippen MR) is 93.8 cm³/mol. The van der Waals surface area contributed by atoms with Crippen LogP contribution in [0.3, 0.4) is 0 Å². The van der Waals surface area contributed by atoms with E-state index in [1.54, 1.807) is 29.8 Å². The zero-order valence-corrected chi connectivity index (χ0v) is 14.8. The second-order valence-electron chi connectivity index (χ2n) is 5.28. The van der Waals surface area contributed by atoms with Crippen molar-refractivity contribution in [3.05, 3.63) is 28.9 Å². The van der Waals surface area contributed by atoms with Crippen LogP contribution in [0.15, 0.2) is 18.2 Å². The molecule has 1 aromatic carbocycles. The lowest BCUT2D eigenvalue weighted by Gasteiger charge is -2.08. The highest BCUT2D eigenvalue weighted by Gasteiger charge is 2.16. The van der Waals surface area contributed by atoms with Crippen LogP contribution in [-0.4, -0.2) is 41.8 Å². The maximum atomic E-state index is 12.0. The molecule has 1 aromatic heterocycles. The molecule has 11 heteroatoms. The van der Waals surface area contributed by atoms with Gasteiger partial charge in [-0.05, 0) is 18.6 Å². The molecule has 0 saturated carbocycles. The first-order valence-electron chi connectivity index (χ1n) is 7.11. The number of hydrogen-bond acceptors (Lipinski definition) is 5. The van der Waals surface area contributed by atoms with Gasteiger partial charge >= 0.3 is 0 Å². The van der Waals surface area contributed by atoms with E-state index in [4.69, 9.17) is 32.0 Å². The number of ether oxygens (including phenoxy) is 1. The Labute approximate surface area is 149 Å². The molecule has 0 bridgehead atoms. The number of nitrogens with one attached hydrogen (secondary N) is 2. The minimum absolute atomic E-state index is 0.0731. The fraction of sp³-hybridized carbons (Fsp3) is 0.286. The van der Waals surface area contributed by atoms with Crippen LogP contribution in [0.5, 0.6) is 5.75 Å². The fourth-order valence-corrected chi connectivity index (χ4v) is 3.02. The zero-order chi connectivity index (χ0) is 18.8. The van der Waals surface area contributed by atoms with Gasteiger partial charge in [0.15, 0.2) is 5.96 Å². The number of nitrogens with two attached hydrogens (primary N) is 1. The fourth-order valence-electron chi connectivity index (χ4n) is 2.28. The number of rotatable bonds is 6. The van der Waals surface area contributed by atoms with Crippen molar-refractivity contribution in [3.8, 4) is 5.75 Å². The molecule has 25 heavy (non-hydrogen) atoms. The van der Waals surface area contributed by atoms with E-state index < -0.39 is 27.7 Å². The molecule has 1 heterocycles. The van der Waals surface area contributed by atoms with E-state index >= 15 is 0 Å². The SMILES string of the molecule is Cn1c(C(=O)NC(=N)N)cc2c(Cl)cc(OCCCS(=O)(=O)O)cc21. The lowest BCUT2D eigenvalue weighted by atomic mass is 10.2. The van der Waals surface area contributed by atoms with E-state index in [9.17, 15) is 13.2 Å². The smallest absolute Gasteiger partial charge is 0.274 e. The van der Waals surface area contributed by atoms with Crippen molar-refractivity contribution in [1.82, 2.24) is 9.88 Å². The highest BCUT2D eigenvalue weighted by atomic mass is 35.5. The summed E-state index contributed by atoms with van der Waals surface area (Å²) in [7, 11) is -2.38. The van der Waals surface area contributed by atoms with Crippen LogP contribution >= 0.6 is 11.6 Å². The Kier molecular flexibility index (Phi) is 5.55. The van der Waals surface area contributed by atoms with Crippen molar-refractivity contribution >= 4 is 44.5 Å². The normalized spacial score (nSPS) is 11.5. The number of aryl methyl sites for hydroxylation is 1. The Morgan fingerprint density at radius 2 is 2.12 bits per heavy atom. The minimum atomic E-state index is -4.03. The zero-order valence-electron chi connectivity index (χ0n) is 13.2. The molecule has 0 aliphatic carbocycles. The minimum Gasteiger partial charge on any atom is -0.493 e. The van der Waals surface area contributed by atoms with E-state index in [-0.39, 0.29) is 18.7 Å². The summed E-state index contributed by atoms with van der Waals surface area (Å²) in [6.45, 7) is 0.0731. The van der Waals surface area contributed by atoms with Gasteiger partial charge in [-0.15, -0.1) is 0 Å². The highest BCUT2D eigenvalue weighted by Crippen LogP contribution is 2.31. The molecule has 0 aliphatic rings. The first kappa shape index (κ1) is 19.0. The number of halogens is 1. The van der Waals surface area contributed by atoms with Gasteiger partial charge in [-0.25, -0.2) is 0 Å². The van der Waals surface area contributed by atoms with Gasteiger partial charge in [0.25, 0.3) is 16.0 Å². The van der Waals surface area contributed by atoms with Crippen LogP contribution in [0.4, 0.5) is 0 Å². The lowest BCUT2D eigenvalue weighted by Crippen LogP contribution is -2.36. The van der Waals surface area contributed by atoms with Gasteiger partial charge in [0.1, 0.15) is 11.4 Å². The number of guanidine groups is 1. The Morgan fingerprint density at radius 3 is 2.72 bits per heavy atom. The number of carbonyl (C=O) groups excluding carboxylic acids is 1. The van der Waals surface area contributed by atoms with Crippen molar-refractivity contribution in [3.63, 3.8) is 0 Å². The van der Waals surface area contributed by atoms with Crippen LogP contribution in [0.1, 0.15) is 16.9 Å². The number of fused-ring (bicyclic) bond motifs is 1. The van der Waals surface area contributed by atoms with Crippen LogP contribution < -0.4 is 15.8 Å². The molecule has 0 spiro atoms. The first-order valence-corrected chi connectivity index (χ1v) is 9.09. The number of nitrogens with zero attached hydrogens (tertiary/aromatic N) is 1. The maximum absolute atomic E-state index is 12.0. The summed E-state index contributed by atoms with van der Waals surface area (Å²) in [6, 6.07) is 4.77. The molecule has 2 aromatic rings. The van der Waals surface area contributed by atoms with Crippen molar-refractivity contribution < 1.29 is 22.5 Å². The molecule has 0 atom stereocenters. The molecule has 0 aliphatic heterocycles. The second kappa shape index (κ2) is 7.30. The van der Waals surface area contributed by atoms with Crippen molar-refractivity contribution in [2.75, 3.05) is 12.4 Å². The third kappa shape index (κ3) is 4.84. The first-order chi connectivity index (χ1) is 11.6. The number of carbonyl (C=O) groups is 1. The number of aromatic nitrogens is 1. The van der Waals surface area contributed by atoms with Crippen molar-refractivity contribution in [2.24, 2.45) is 12.8 Å². The number of benzene rings is 1. The van der Waals surface area contributed by atoms with Gasteiger partial charge in [0.2, 0.25) is 0 Å². The molecule has 1 amide bonds. The molecular formula is C14H17ClN4O5S. The van der Waals surface area contributed by atoms with E-state index in [2.05, 4.69) is 5.32 Å². The van der Waals surface area contributed by atoms with Gasteiger partial charge in [-0.3, -0.25) is 20.1 Å². The van der Waals surface area contributed by atoms with Gasteiger partial charge in [0, 0.05) is 18.5 Å². The van der Waals surface area contributed by atoms with Gasteiger partial charge < -0.3 is 15.0 Å². The number of amides is 1. The molecule has 2 rings (SSSR count). The quantitative estimate of drug-likeness (QED) is 0.252. The summed E-state index contributed by atoms with van der Waals surface area (Å²) in [5, 5.41) is 10.3. The van der Waals surface area contributed by atoms with Gasteiger partial charge in [-0.1, -0.05) is 11.6 Å². The van der Waals surface area contributed by atoms with Gasteiger partial charge in [0.05, 0.1) is 22.9 Å². The summed E-state index contributed by atoms with van der Waals surface area (Å²) in [5.74, 6) is -1.02. The van der Waals surface area contributed by atoms with Gasteiger partial charge in [-0.2, -0.15) is 8.42 Å². The Bertz CT molecular complexity index is 938. The average molecular weight is 389 g/mol. The Hall–Kier alpha value is -2.30. The molecular weight excluding hydrogens is 372 g/mol. The number of hydrogen-bond donors (Lipinski definition) is 4. The van der Waals surface area contributed by atoms with Crippen LogP contribution in [0.25, 0.3) is 10.9 Å². The summed E-state index contributed by atoms with van der Waals surface area (Å²) in [6.07, 6.45) is 0.119. The third-order valence-corrected chi connectivity index (χ3v) is 4.50. The predicted octanol–water partition coefficient (Wildman–Crippen LogP) is 1.11. The van der Waals surface area contributed by atoms with Crippen LogP contribution in [0.2, 0.25) is 5.02 Å². The molecule has 5 N–H and O–H groups in total. The van der Waals surface area contributed by atoms with E-state index in [1.165, 1.54) is 0 Å². The van der Waals surface area contributed by atoms with E-state index in [0.717, 1.165) is 0 Å². The average Bonchev–Trinajstić information content (AvgIpc) is 2.80. The van der Waals surface area contributed by atoms with Crippen LogP contribution in [-0.2, 0) is 17.2 Å². The molecule has 0 fully saturated rings. The lowest BCUT2D eigenvalue weighted by molar-refractivity contribution is 0.0969. The molecule has 9 nitrogen and oxygen atoms in total. The summed E-state index contributed by atoms with van der Waals surface area (Å²) in [5.41, 5.74) is 6.04. The van der Waals surface area contributed by atoms with E-state index in [0.29, 0.717) is 21.7 Å². The Balaban J connectivity index is 2.24. The van der Waals surface area contributed by atoms with Crippen molar-refractivity contribution in [2.45, 2.75) is 6.42 Å². The monoisotopic (exact) mass is 388 g/mol. The highest BCUT2D eigenvalue weighted by molar-refractivity contribution is 7.85. The van der Waals surface area contributed by atoms with E-state index in [1.807, 2.05) is 0 Å².